The maximum atomic E-state index is 11.6. The topological polar surface area (TPSA) is 79.6 Å². The molecule has 1 amide bonds. The van der Waals surface area contributed by atoms with E-state index in [-0.39, 0.29) is 12.5 Å². The van der Waals surface area contributed by atoms with Gasteiger partial charge < -0.3 is 15.2 Å². The fourth-order valence-corrected chi connectivity index (χ4v) is 3.42. The zero-order valence-corrected chi connectivity index (χ0v) is 14.2. The quantitative estimate of drug-likeness (QED) is 0.749. The van der Waals surface area contributed by atoms with Gasteiger partial charge in [0.2, 0.25) is 5.91 Å². The van der Waals surface area contributed by atoms with Crippen LogP contribution in [0, 0.1) is 0 Å². The van der Waals surface area contributed by atoms with Gasteiger partial charge in [0.15, 0.2) is 0 Å². The molecular formula is C17H28N4O3. The van der Waals surface area contributed by atoms with Crippen molar-refractivity contribution in [3.63, 3.8) is 0 Å². The molecule has 0 spiro atoms. The van der Waals surface area contributed by atoms with Crippen LogP contribution in [-0.4, -0.2) is 64.6 Å². The van der Waals surface area contributed by atoms with Gasteiger partial charge in [-0.3, -0.25) is 14.4 Å². The van der Waals surface area contributed by atoms with E-state index < -0.39 is 0 Å². The number of carbonyl (C=O) groups is 1. The van der Waals surface area contributed by atoms with Gasteiger partial charge >= 0.3 is 0 Å². The molecule has 7 nitrogen and oxygen atoms in total. The number of amides is 1. The monoisotopic (exact) mass is 336 g/mol. The Kier molecular flexibility index (Phi) is 6.23. The summed E-state index contributed by atoms with van der Waals surface area (Å²) in [6.45, 7) is 5.01. The molecule has 24 heavy (non-hydrogen) atoms. The number of aliphatic hydroxyl groups is 1. The van der Waals surface area contributed by atoms with Crippen molar-refractivity contribution in [3.05, 3.63) is 17.5 Å². The van der Waals surface area contributed by atoms with E-state index in [9.17, 15) is 4.79 Å². The first-order valence-corrected chi connectivity index (χ1v) is 9.01. The first-order valence-electron chi connectivity index (χ1n) is 9.01. The zero-order valence-electron chi connectivity index (χ0n) is 14.2. The van der Waals surface area contributed by atoms with Crippen molar-refractivity contribution < 1.29 is 14.6 Å². The second kappa shape index (κ2) is 8.60. The molecule has 2 N–H and O–H groups in total. The van der Waals surface area contributed by atoms with Crippen LogP contribution in [0.1, 0.15) is 37.1 Å². The predicted molar refractivity (Wildman–Crippen MR) is 89.5 cm³/mol. The summed E-state index contributed by atoms with van der Waals surface area (Å²) in [5.41, 5.74) is 2.20. The highest BCUT2D eigenvalue weighted by Gasteiger charge is 2.23. The van der Waals surface area contributed by atoms with Gasteiger partial charge in [-0.15, -0.1) is 0 Å². The van der Waals surface area contributed by atoms with E-state index in [0.29, 0.717) is 25.5 Å². The van der Waals surface area contributed by atoms with Gasteiger partial charge in [-0.25, -0.2) is 0 Å². The third-order valence-corrected chi connectivity index (χ3v) is 4.71. The van der Waals surface area contributed by atoms with E-state index in [1.165, 1.54) is 25.0 Å². The summed E-state index contributed by atoms with van der Waals surface area (Å²) < 4.78 is 7.91. The molecule has 1 fully saturated rings. The molecule has 3 heterocycles. The molecule has 1 aromatic heterocycles. The second-order valence-corrected chi connectivity index (χ2v) is 6.65. The predicted octanol–water partition coefficient (Wildman–Crippen LogP) is 0.309. The molecule has 2 aliphatic heterocycles. The number of nitrogens with one attached hydrogen (secondary N) is 1. The maximum absolute atomic E-state index is 11.6. The van der Waals surface area contributed by atoms with Crippen LogP contribution in [0.3, 0.4) is 0 Å². The SMILES string of the molecule is O=C(CCc1cc2n(n1)CCN(C[C@H]1CCCCO1)C2)NCCO. The van der Waals surface area contributed by atoms with Gasteiger partial charge in [0.25, 0.3) is 0 Å². The largest absolute Gasteiger partial charge is 0.395 e. The van der Waals surface area contributed by atoms with E-state index >= 15 is 0 Å². The number of hydrogen-bond acceptors (Lipinski definition) is 5. The Morgan fingerprint density at radius 1 is 1.42 bits per heavy atom. The highest BCUT2D eigenvalue weighted by molar-refractivity contribution is 5.76. The van der Waals surface area contributed by atoms with Crippen LogP contribution < -0.4 is 5.32 Å². The summed E-state index contributed by atoms with van der Waals surface area (Å²) in [4.78, 5) is 14.1. The first kappa shape index (κ1) is 17.4. The Morgan fingerprint density at radius 3 is 3.12 bits per heavy atom. The number of ether oxygens (including phenoxy) is 1. The van der Waals surface area contributed by atoms with Crippen molar-refractivity contribution in [2.75, 3.05) is 32.8 Å². The Balaban J connectivity index is 1.48. The summed E-state index contributed by atoms with van der Waals surface area (Å²) in [7, 11) is 0. The number of aryl methyl sites for hydroxylation is 1. The lowest BCUT2D eigenvalue weighted by atomic mass is 10.1. The van der Waals surface area contributed by atoms with Crippen LogP contribution in [0.4, 0.5) is 0 Å². The second-order valence-electron chi connectivity index (χ2n) is 6.65. The number of rotatable bonds is 7. The molecule has 0 radical (unpaired) electrons. The summed E-state index contributed by atoms with van der Waals surface area (Å²) in [5.74, 6) is -0.0360. The number of nitrogens with zero attached hydrogens (tertiary/aromatic N) is 3. The van der Waals surface area contributed by atoms with Crippen molar-refractivity contribution in [1.29, 1.82) is 0 Å². The number of aromatic nitrogens is 2. The summed E-state index contributed by atoms with van der Waals surface area (Å²) >= 11 is 0. The molecule has 134 valence electrons. The van der Waals surface area contributed by atoms with Gasteiger partial charge in [-0.1, -0.05) is 0 Å². The van der Waals surface area contributed by atoms with E-state index in [1.54, 1.807) is 0 Å². The molecule has 1 saturated heterocycles. The van der Waals surface area contributed by atoms with Gasteiger partial charge in [-0.05, 0) is 25.3 Å². The van der Waals surface area contributed by atoms with Crippen LogP contribution in [0.25, 0.3) is 0 Å². The smallest absolute Gasteiger partial charge is 0.220 e. The van der Waals surface area contributed by atoms with Gasteiger partial charge in [-0.2, -0.15) is 5.10 Å². The van der Waals surface area contributed by atoms with Gasteiger partial charge in [0, 0.05) is 45.6 Å². The minimum absolute atomic E-state index is 0.0228. The minimum atomic E-state index is -0.0360. The Bertz CT molecular complexity index is 540. The fourth-order valence-electron chi connectivity index (χ4n) is 3.42. The number of carbonyl (C=O) groups excluding carboxylic acids is 1. The lowest BCUT2D eigenvalue weighted by molar-refractivity contribution is -0.121. The summed E-state index contributed by atoms with van der Waals surface area (Å²) in [6, 6.07) is 2.12. The number of hydrogen-bond donors (Lipinski definition) is 2. The first-order chi connectivity index (χ1) is 11.7. The normalized spacial score (nSPS) is 21.5. The highest BCUT2D eigenvalue weighted by atomic mass is 16.5. The zero-order chi connectivity index (χ0) is 16.8. The molecule has 2 aliphatic rings. The van der Waals surface area contributed by atoms with E-state index in [2.05, 4.69) is 26.1 Å². The third kappa shape index (κ3) is 4.78. The van der Waals surface area contributed by atoms with Crippen LogP contribution >= 0.6 is 0 Å². The Labute approximate surface area is 143 Å². The molecule has 0 bridgehead atoms. The lowest BCUT2D eigenvalue weighted by Crippen LogP contribution is -2.40. The van der Waals surface area contributed by atoms with Crippen molar-refractivity contribution >= 4 is 5.91 Å². The third-order valence-electron chi connectivity index (χ3n) is 4.71. The number of fused-ring (bicyclic) bond motifs is 1. The van der Waals surface area contributed by atoms with Gasteiger partial charge in [0.1, 0.15) is 0 Å². The van der Waals surface area contributed by atoms with E-state index in [0.717, 1.165) is 38.5 Å². The molecular weight excluding hydrogens is 308 g/mol. The van der Waals surface area contributed by atoms with Crippen LogP contribution in [0.5, 0.6) is 0 Å². The van der Waals surface area contributed by atoms with E-state index in [1.807, 2.05) is 0 Å². The summed E-state index contributed by atoms with van der Waals surface area (Å²) in [5, 5.41) is 16.0. The molecule has 7 heteroatoms. The average Bonchev–Trinajstić information content (AvgIpc) is 3.01. The molecule has 0 unspecified atom stereocenters. The molecule has 1 atom stereocenters. The molecule has 0 aliphatic carbocycles. The fraction of sp³-hybridized carbons (Fsp3) is 0.765. The molecule has 3 rings (SSSR count). The van der Waals surface area contributed by atoms with Crippen molar-refractivity contribution in [2.24, 2.45) is 0 Å². The lowest BCUT2D eigenvalue weighted by Gasteiger charge is -2.32. The maximum Gasteiger partial charge on any atom is 0.220 e. The van der Waals surface area contributed by atoms with Crippen LogP contribution in [-0.2, 0) is 29.0 Å². The molecule has 0 aromatic carbocycles. The van der Waals surface area contributed by atoms with Crippen LogP contribution in [0.15, 0.2) is 6.07 Å². The van der Waals surface area contributed by atoms with E-state index in [4.69, 9.17) is 9.84 Å². The van der Waals surface area contributed by atoms with Crippen molar-refractivity contribution in [3.8, 4) is 0 Å². The minimum Gasteiger partial charge on any atom is -0.395 e. The van der Waals surface area contributed by atoms with Gasteiger partial charge in [0.05, 0.1) is 30.6 Å². The Morgan fingerprint density at radius 2 is 2.33 bits per heavy atom. The van der Waals surface area contributed by atoms with Crippen LogP contribution in [0.2, 0.25) is 0 Å². The van der Waals surface area contributed by atoms with Crippen molar-refractivity contribution in [2.45, 2.75) is 51.3 Å². The summed E-state index contributed by atoms with van der Waals surface area (Å²) in [6.07, 6.45) is 5.07. The van der Waals surface area contributed by atoms with Crippen molar-refractivity contribution in [1.82, 2.24) is 20.0 Å². The Hall–Kier alpha value is -1.44. The molecule has 1 aromatic rings. The highest BCUT2D eigenvalue weighted by Crippen LogP contribution is 2.18. The average molecular weight is 336 g/mol. The number of aliphatic hydroxyl groups excluding tert-OH is 1. The molecule has 0 saturated carbocycles. The standard InChI is InChI=1S/C17H28N4O3/c22-9-6-18-17(23)5-4-14-11-15-12-20(7-8-21(15)19-14)13-16-3-1-2-10-24-16/h11,16,22H,1-10,12-13H2,(H,18,23)/t16-/m1/s1.